The number of nitrogens with zero attached hydrogens (tertiary/aromatic N) is 2. The van der Waals surface area contributed by atoms with E-state index in [0.29, 0.717) is 5.69 Å². The minimum absolute atomic E-state index is 0.134. The minimum atomic E-state index is -3.30. The first-order valence-corrected chi connectivity index (χ1v) is 7.40. The normalized spacial score (nSPS) is 12.8. The van der Waals surface area contributed by atoms with Crippen LogP contribution in [0.4, 0.5) is 0 Å². The zero-order chi connectivity index (χ0) is 13.8. The largest absolute Gasteiger partial charge is 0.370 e. The molecule has 0 saturated carbocycles. The fourth-order valence-corrected chi connectivity index (χ4v) is 2.25. The number of guanidine groups is 1. The van der Waals surface area contributed by atoms with Crippen molar-refractivity contribution in [2.75, 3.05) is 6.26 Å². The van der Waals surface area contributed by atoms with Crippen molar-refractivity contribution in [2.24, 2.45) is 10.7 Å². The molecule has 0 unspecified atom stereocenters. The predicted molar refractivity (Wildman–Crippen MR) is 70.9 cm³/mol. The van der Waals surface area contributed by atoms with E-state index in [1.54, 1.807) is 6.07 Å². The number of sulfone groups is 1. The van der Waals surface area contributed by atoms with E-state index >= 15 is 0 Å². The molecule has 6 nitrogen and oxygen atoms in total. The second-order valence-electron chi connectivity index (χ2n) is 4.22. The molecule has 0 atom stereocenters. The molecule has 0 saturated heterocycles. The molecule has 0 aromatic carbocycles. The summed E-state index contributed by atoms with van der Waals surface area (Å²) in [7, 11) is -3.30. The highest BCUT2D eigenvalue weighted by molar-refractivity contribution is 7.90. The molecule has 0 spiro atoms. The first-order valence-electron chi connectivity index (χ1n) is 5.51. The molecule has 0 aliphatic carbocycles. The Morgan fingerprint density at radius 1 is 1.56 bits per heavy atom. The van der Waals surface area contributed by atoms with E-state index in [1.807, 2.05) is 13.8 Å². The third-order valence-corrected chi connectivity index (χ3v) is 3.25. The summed E-state index contributed by atoms with van der Waals surface area (Å²) in [6.45, 7) is 4.00. The quantitative estimate of drug-likeness (QED) is 0.605. The second-order valence-corrected chi connectivity index (χ2v) is 6.21. The lowest BCUT2D eigenvalue weighted by Gasteiger charge is -2.09. The van der Waals surface area contributed by atoms with Gasteiger partial charge in [0.1, 0.15) is 0 Å². The lowest BCUT2D eigenvalue weighted by molar-refractivity contribution is 0.600. The number of pyridine rings is 1. The van der Waals surface area contributed by atoms with Crippen LogP contribution in [0.1, 0.15) is 19.5 Å². The predicted octanol–water partition coefficient (Wildman–Crippen LogP) is 0.298. The first-order chi connectivity index (χ1) is 8.30. The molecule has 1 rings (SSSR count). The Bertz CT molecular complexity index is 538. The second kappa shape index (κ2) is 5.81. The molecule has 1 heterocycles. The highest BCUT2D eigenvalue weighted by Crippen LogP contribution is 2.13. The van der Waals surface area contributed by atoms with Crippen molar-refractivity contribution < 1.29 is 8.42 Å². The number of nitrogens with two attached hydrogens (primary N) is 1. The Kier molecular flexibility index (Phi) is 4.66. The number of hydrogen-bond acceptors (Lipinski definition) is 4. The number of nitrogens with one attached hydrogen (secondary N) is 1. The molecule has 3 N–H and O–H groups in total. The Hall–Kier alpha value is -1.63. The van der Waals surface area contributed by atoms with Gasteiger partial charge in [0.2, 0.25) is 0 Å². The van der Waals surface area contributed by atoms with Crippen LogP contribution in [-0.2, 0) is 16.4 Å². The molecule has 7 heteroatoms. The van der Waals surface area contributed by atoms with Crippen molar-refractivity contribution >= 4 is 15.8 Å². The van der Waals surface area contributed by atoms with Gasteiger partial charge in [-0.25, -0.2) is 13.4 Å². The van der Waals surface area contributed by atoms with Crippen molar-refractivity contribution in [1.82, 2.24) is 10.3 Å². The minimum Gasteiger partial charge on any atom is -0.370 e. The van der Waals surface area contributed by atoms with E-state index in [1.165, 1.54) is 12.3 Å². The van der Waals surface area contributed by atoms with Crippen LogP contribution >= 0.6 is 0 Å². The van der Waals surface area contributed by atoms with Gasteiger partial charge in [-0.05, 0) is 26.0 Å². The molecule has 0 amide bonds. The van der Waals surface area contributed by atoms with E-state index in [9.17, 15) is 8.42 Å². The lowest BCUT2D eigenvalue weighted by atomic mass is 10.3. The van der Waals surface area contributed by atoms with E-state index in [-0.39, 0.29) is 23.4 Å². The Balaban J connectivity index is 2.93. The summed E-state index contributed by atoms with van der Waals surface area (Å²) in [5.74, 6) is 0.273. The Morgan fingerprint density at radius 3 is 2.78 bits per heavy atom. The fourth-order valence-electron chi connectivity index (χ4n) is 1.38. The summed E-state index contributed by atoms with van der Waals surface area (Å²) in [5.41, 5.74) is 6.04. The van der Waals surface area contributed by atoms with E-state index in [2.05, 4.69) is 15.3 Å². The SMILES string of the molecule is CC(C)NC(N)=NCc1ncccc1S(C)(=O)=O. The molecule has 0 fully saturated rings. The van der Waals surface area contributed by atoms with Gasteiger partial charge in [-0.2, -0.15) is 0 Å². The van der Waals surface area contributed by atoms with Gasteiger partial charge < -0.3 is 11.1 Å². The van der Waals surface area contributed by atoms with Gasteiger partial charge in [-0.15, -0.1) is 0 Å². The topological polar surface area (TPSA) is 97.4 Å². The van der Waals surface area contributed by atoms with Gasteiger partial charge in [-0.1, -0.05) is 0 Å². The molecule has 0 radical (unpaired) electrons. The molecule has 1 aromatic rings. The fraction of sp³-hybridized carbons (Fsp3) is 0.455. The van der Waals surface area contributed by atoms with Crippen LogP contribution in [0.3, 0.4) is 0 Å². The van der Waals surface area contributed by atoms with Gasteiger partial charge in [0, 0.05) is 18.5 Å². The van der Waals surface area contributed by atoms with Crippen LogP contribution in [0.2, 0.25) is 0 Å². The third-order valence-electron chi connectivity index (χ3n) is 2.08. The lowest BCUT2D eigenvalue weighted by Crippen LogP contribution is -2.36. The van der Waals surface area contributed by atoms with E-state index < -0.39 is 9.84 Å². The highest BCUT2D eigenvalue weighted by Gasteiger charge is 2.13. The van der Waals surface area contributed by atoms with Crippen LogP contribution in [0, 0.1) is 0 Å². The van der Waals surface area contributed by atoms with Gasteiger partial charge >= 0.3 is 0 Å². The average Bonchev–Trinajstić information content (AvgIpc) is 2.24. The number of hydrogen-bond donors (Lipinski definition) is 2. The van der Waals surface area contributed by atoms with E-state index in [0.717, 1.165) is 6.26 Å². The Labute approximate surface area is 107 Å². The van der Waals surface area contributed by atoms with Crippen LogP contribution < -0.4 is 11.1 Å². The van der Waals surface area contributed by atoms with Gasteiger partial charge in [0.15, 0.2) is 15.8 Å². The summed E-state index contributed by atoms with van der Waals surface area (Å²) in [6.07, 6.45) is 2.68. The van der Waals surface area contributed by atoms with E-state index in [4.69, 9.17) is 5.73 Å². The Morgan fingerprint density at radius 2 is 2.22 bits per heavy atom. The number of rotatable bonds is 4. The molecule has 1 aromatic heterocycles. The van der Waals surface area contributed by atoms with Crippen LogP contribution in [0.15, 0.2) is 28.2 Å². The summed E-state index contributed by atoms with van der Waals surface area (Å²) >= 11 is 0. The number of aliphatic imine (C=N–C) groups is 1. The van der Waals surface area contributed by atoms with Crippen molar-refractivity contribution in [3.8, 4) is 0 Å². The summed E-state index contributed by atoms with van der Waals surface area (Å²) in [5, 5.41) is 2.92. The van der Waals surface area contributed by atoms with Crippen molar-refractivity contribution in [1.29, 1.82) is 0 Å². The monoisotopic (exact) mass is 270 g/mol. The standard InChI is InChI=1S/C11H18N4O2S/c1-8(2)15-11(12)14-7-9-10(18(3,16)17)5-4-6-13-9/h4-6,8H,7H2,1-3H3,(H3,12,14,15). The van der Waals surface area contributed by atoms with Crippen LogP contribution in [0.25, 0.3) is 0 Å². The third kappa shape index (κ3) is 4.33. The average molecular weight is 270 g/mol. The van der Waals surface area contributed by atoms with Gasteiger partial charge in [0.25, 0.3) is 0 Å². The van der Waals surface area contributed by atoms with Crippen molar-refractivity contribution in [3.63, 3.8) is 0 Å². The van der Waals surface area contributed by atoms with Gasteiger partial charge in [0.05, 0.1) is 17.1 Å². The number of aromatic nitrogens is 1. The highest BCUT2D eigenvalue weighted by atomic mass is 32.2. The molecule has 100 valence electrons. The summed E-state index contributed by atoms with van der Waals surface area (Å²) in [4.78, 5) is 8.28. The maximum atomic E-state index is 11.5. The maximum Gasteiger partial charge on any atom is 0.189 e. The first kappa shape index (κ1) is 14.4. The van der Waals surface area contributed by atoms with Gasteiger partial charge in [-0.3, -0.25) is 4.98 Å². The summed E-state index contributed by atoms with van der Waals surface area (Å²) in [6, 6.07) is 3.27. The maximum absolute atomic E-state index is 11.5. The van der Waals surface area contributed by atoms with Crippen LogP contribution in [0.5, 0.6) is 0 Å². The molecule has 0 bridgehead atoms. The smallest absolute Gasteiger partial charge is 0.189 e. The summed E-state index contributed by atoms with van der Waals surface area (Å²) < 4.78 is 23.1. The van der Waals surface area contributed by atoms with Crippen molar-refractivity contribution in [2.45, 2.75) is 31.3 Å². The van der Waals surface area contributed by atoms with Crippen molar-refractivity contribution in [3.05, 3.63) is 24.0 Å². The zero-order valence-electron chi connectivity index (χ0n) is 10.7. The molecule has 18 heavy (non-hydrogen) atoms. The van der Waals surface area contributed by atoms with Crippen LogP contribution in [-0.4, -0.2) is 31.7 Å². The molecule has 0 aliphatic rings. The molecular formula is C11H18N4O2S. The zero-order valence-corrected chi connectivity index (χ0v) is 11.5. The molecular weight excluding hydrogens is 252 g/mol. The molecule has 0 aliphatic heterocycles.